The van der Waals surface area contributed by atoms with Crippen molar-refractivity contribution in [3.63, 3.8) is 0 Å². The third kappa shape index (κ3) is 8.01. The molecule has 0 aromatic rings. The van der Waals surface area contributed by atoms with Gasteiger partial charge in [-0.2, -0.15) is 0 Å². The van der Waals surface area contributed by atoms with Crippen LogP contribution in [0.1, 0.15) is 41.0 Å². The van der Waals surface area contributed by atoms with Gasteiger partial charge < -0.3 is 22.6 Å². The molecule has 0 heterocycles. The van der Waals surface area contributed by atoms with Crippen LogP contribution in [0.25, 0.3) is 0 Å². The van der Waals surface area contributed by atoms with Gasteiger partial charge >= 0.3 is 9.05 Å². The Labute approximate surface area is 119 Å². The Morgan fingerprint density at radius 3 is 1.58 bits per heavy atom. The van der Waals surface area contributed by atoms with Gasteiger partial charge in [0.1, 0.15) is 0 Å². The number of hydrogen-bond donors (Lipinski definition) is 0. The van der Waals surface area contributed by atoms with Crippen molar-refractivity contribution in [3.05, 3.63) is 0 Å². The minimum atomic E-state index is -2.91. The molecule has 0 saturated carbocycles. The first-order chi connectivity index (χ1) is 9.17. The maximum atomic E-state index is 5.84. The summed E-state index contributed by atoms with van der Waals surface area (Å²) in [6.45, 7) is 15.5. The van der Waals surface area contributed by atoms with Crippen molar-refractivity contribution in [2.24, 2.45) is 0 Å². The predicted molar refractivity (Wildman–Crippen MR) is 79.0 cm³/mol. The molecule has 0 N–H and O–H groups in total. The summed E-state index contributed by atoms with van der Waals surface area (Å²) < 4.78 is 22.7. The molecule has 0 aliphatic carbocycles. The Bertz CT molecular complexity index is 186. The van der Waals surface area contributed by atoms with E-state index in [1.807, 2.05) is 20.8 Å². The molecule has 0 rings (SSSR count). The number of hydrogen-bond acceptors (Lipinski definition) is 5. The molecule has 0 aromatic heterocycles. The fourth-order valence-electron chi connectivity index (χ4n) is 1.81. The summed E-state index contributed by atoms with van der Waals surface area (Å²) in [5.74, 6) is 0. The van der Waals surface area contributed by atoms with Crippen molar-refractivity contribution >= 4 is 9.05 Å². The second-order valence-electron chi connectivity index (χ2n) is 4.03. The maximum Gasteiger partial charge on any atom is 0.679 e. The lowest BCUT2D eigenvalue weighted by atomic mass is 10.4. The third-order valence-electron chi connectivity index (χ3n) is 2.76. The van der Waals surface area contributed by atoms with Crippen LogP contribution in [0.3, 0.4) is 0 Å². The number of nitrogens with zero attached hydrogens (tertiary/aromatic N) is 1. The van der Waals surface area contributed by atoms with Gasteiger partial charge in [-0.1, -0.05) is 13.8 Å². The normalized spacial score (nSPS) is 12.3. The lowest BCUT2D eigenvalue weighted by Crippen LogP contribution is -2.49. The summed E-state index contributed by atoms with van der Waals surface area (Å²) in [5.41, 5.74) is 0. The van der Waals surface area contributed by atoms with Gasteiger partial charge in [-0.25, -0.2) is 0 Å². The van der Waals surface area contributed by atoms with Gasteiger partial charge in [0, 0.05) is 33.0 Å². The monoisotopic (exact) mass is 293 g/mol. The van der Waals surface area contributed by atoms with E-state index >= 15 is 0 Å². The molecule has 0 spiro atoms. The van der Waals surface area contributed by atoms with Crippen molar-refractivity contribution in [1.29, 1.82) is 0 Å². The molecule has 0 fully saturated rings. The van der Waals surface area contributed by atoms with Crippen LogP contribution in [-0.4, -0.2) is 60.0 Å². The molecule has 5 nitrogen and oxygen atoms in total. The van der Waals surface area contributed by atoms with Crippen LogP contribution in [-0.2, 0) is 17.7 Å². The minimum absolute atomic E-state index is 0.544. The SMILES string of the molecule is CCO[Si](OCC)(OCC)OCCCN(CC)CC. The quantitative estimate of drug-likeness (QED) is 0.385. The van der Waals surface area contributed by atoms with E-state index in [4.69, 9.17) is 17.7 Å². The largest absolute Gasteiger partial charge is 0.679 e. The van der Waals surface area contributed by atoms with E-state index in [9.17, 15) is 0 Å². The van der Waals surface area contributed by atoms with Gasteiger partial charge in [-0.05, 0) is 40.3 Å². The highest BCUT2D eigenvalue weighted by Crippen LogP contribution is 2.12. The molecule has 0 bridgehead atoms. The lowest BCUT2D eigenvalue weighted by molar-refractivity contribution is -0.0286. The van der Waals surface area contributed by atoms with E-state index in [-0.39, 0.29) is 0 Å². The molecule has 19 heavy (non-hydrogen) atoms. The Morgan fingerprint density at radius 2 is 1.21 bits per heavy atom. The molecule has 0 aromatic carbocycles. The van der Waals surface area contributed by atoms with Crippen molar-refractivity contribution in [2.45, 2.75) is 41.0 Å². The zero-order valence-electron chi connectivity index (χ0n) is 13.2. The zero-order chi connectivity index (χ0) is 14.6. The Morgan fingerprint density at radius 1 is 0.737 bits per heavy atom. The molecule has 0 radical (unpaired) electrons. The van der Waals surface area contributed by atoms with Crippen LogP contribution in [0.5, 0.6) is 0 Å². The van der Waals surface area contributed by atoms with E-state index in [0.717, 1.165) is 26.1 Å². The van der Waals surface area contributed by atoms with Gasteiger partial charge in [-0.3, -0.25) is 0 Å². The van der Waals surface area contributed by atoms with Gasteiger partial charge in [0.05, 0.1) is 0 Å². The molecule has 0 aliphatic rings. The molecule has 0 atom stereocenters. The summed E-state index contributed by atoms with van der Waals surface area (Å²) in [5, 5.41) is 0. The first kappa shape index (κ1) is 19.0. The van der Waals surface area contributed by atoms with E-state index in [1.165, 1.54) is 0 Å². The van der Waals surface area contributed by atoms with Crippen LogP contribution in [0.2, 0.25) is 0 Å². The van der Waals surface area contributed by atoms with Crippen LogP contribution in [0.4, 0.5) is 0 Å². The smallest absolute Gasteiger partial charge is 0.351 e. The molecule has 0 saturated heterocycles. The van der Waals surface area contributed by atoms with Crippen LogP contribution < -0.4 is 0 Å². The number of rotatable bonds is 13. The highest BCUT2D eigenvalue weighted by atomic mass is 28.4. The first-order valence-corrected chi connectivity index (χ1v) is 9.09. The first-order valence-electron chi connectivity index (χ1n) is 7.46. The van der Waals surface area contributed by atoms with E-state index in [0.29, 0.717) is 26.4 Å². The third-order valence-corrected chi connectivity index (χ3v) is 5.24. The Kier molecular flexibility index (Phi) is 11.8. The van der Waals surface area contributed by atoms with E-state index in [1.54, 1.807) is 0 Å². The minimum Gasteiger partial charge on any atom is -0.351 e. The summed E-state index contributed by atoms with van der Waals surface area (Å²) in [6, 6.07) is 0. The van der Waals surface area contributed by atoms with Gasteiger partial charge in [0.25, 0.3) is 0 Å². The fourth-order valence-corrected chi connectivity index (χ4v) is 3.76. The second kappa shape index (κ2) is 11.8. The molecule has 0 unspecified atom stereocenters. The molecule has 0 amide bonds. The van der Waals surface area contributed by atoms with Crippen molar-refractivity contribution in [2.75, 3.05) is 46.1 Å². The lowest BCUT2D eigenvalue weighted by Gasteiger charge is -2.27. The molecular weight excluding hydrogens is 262 g/mol. The standard InChI is InChI=1S/C13H31NO4Si/c1-6-14(7-2)12-11-13-18-19(15-8-3,16-9-4)17-10-5/h6-13H2,1-5H3. The molecule has 6 heteroatoms. The van der Waals surface area contributed by atoms with Gasteiger partial charge in [0.15, 0.2) is 0 Å². The summed E-state index contributed by atoms with van der Waals surface area (Å²) in [6.07, 6.45) is 0.962. The molecule has 116 valence electrons. The fraction of sp³-hybridized carbons (Fsp3) is 1.00. The highest BCUT2D eigenvalue weighted by molar-refractivity contribution is 6.53. The average molecular weight is 293 g/mol. The van der Waals surface area contributed by atoms with Crippen molar-refractivity contribution < 1.29 is 17.7 Å². The average Bonchev–Trinajstić information content (AvgIpc) is 2.40. The van der Waals surface area contributed by atoms with Gasteiger partial charge in [0.2, 0.25) is 0 Å². The highest BCUT2D eigenvalue weighted by Gasteiger charge is 2.44. The molecule has 0 aliphatic heterocycles. The van der Waals surface area contributed by atoms with Crippen LogP contribution in [0.15, 0.2) is 0 Å². The Hall–Kier alpha value is 0.0169. The Balaban J connectivity index is 4.16. The van der Waals surface area contributed by atoms with Crippen molar-refractivity contribution in [1.82, 2.24) is 4.90 Å². The summed E-state index contributed by atoms with van der Waals surface area (Å²) >= 11 is 0. The van der Waals surface area contributed by atoms with Crippen LogP contribution >= 0.6 is 0 Å². The topological polar surface area (TPSA) is 40.2 Å². The maximum absolute atomic E-state index is 5.84. The van der Waals surface area contributed by atoms with E-state index < -0.39 is 9.05 Å². The summed E-state index contributed by atoms with van der Waals surface area (Å²) in [7, 11) is -2.91. The molecular formula is C13H31NO4Si. The zero-order valence-corrected chi connectivity index (χ0v) is 14.2. The summed E-state index contributed by atoms with van der Waals surface area (Å²) in [4.78, 5) is 2.37. The van der Waals surface area contributed by atoms with E-state index in [2.05, 4.69) is 18.7 Å². The predicted octanol–water partition coefficient (Wildman–Crippen LogP) is 2.28. The second-order valence-corrected chi connectivity index (χ2v) is 6.18. The van der Waals surface area contributed by atoms with Gasteiger partial charge in [-0.15, -0.1) is 0 Å². The van der Waals surface area contributed by atoms with Crippen LogP contribution in [0, 0.1) is 0 Å². The van der Waals surface area contributed by atoms with Crippen molar-refractivity contribution in [3.8, 4) is 0 Å².